The average molecular weight is 224 g/mol. The number of hydrogen-bond acceptors (Lipinski definition) is 2. The van der Waals surface area contributed by atoms with Crippen LogP contribution in [0.4, 0.5) is 5.69 Å². The lowest BCUT2D eigenvalue weighted by Gasteiger charge is -2.03. The van der Waals surface area contributed by atoms with Crippen LogP contribution in [0.3, 0.4) is 0 Å². The molecule has 0 fully saturated rings. The van der Waals surface area contributed by atoms with E-state index in [0.29, 0.717) is 0 Å². The molecule has 0 aliphatic rings. The van der Waals surface area contributed by atoms with Gasteiger partial charge in [-0.1, -0.05) is 17.7 Å². The second-order valence-electron chi connectivity index (χ2n) is 3.24. The van der Waals surface area contributed by atoms with Crippen LogP contribution in [0.25, 0.3) is 11.1 Å². The minimum absolute atomic E-state index is 0.780. The largest absolute Gasteiger partial charge is 0.399 e. The summed E-state index contributed by atoms with van der Waals surface area (Å²) < 4.78 is 0.815. The fourth-order valence-electron chi connectivity index (χ4n) is 1.47. The molecule has 0 bridgehead atoms. The molecule has 0 spiro atoms. The van der Waals surface area contributed by atoms with Gasteiger partial charge in [-0.3, -0.25) is 0 Å². The van der Waals surface area contributed by atoms with Crippen molar-refractivity contribution in [1.82, 2.24) is 0 Å². The molecular formula is C11H10ClNS. The summed E-state index contributed by atoms with van der Waals surface area (Å²) in [5.41, 5.74) is 9.86. The van der Waals surface area contributed by atoms with Gasteiger partial charge < -0.3 is 5.73 Å². The molecule has 0 atom stereocenters. The van der Waals surface area contributed by atoms with Crippen molar-refractivity contribution in [3.05, 3.63) is 39.5 Å². The summed E-state index contributed by atoms with van der Waals surface area (Å²) in [6.45, 7) is 2.03. The lowest BCUT2D eigenvalue weighted by Crippen LogP contribution is -1.87. The van der Waals surface area contributed by atoms with Gasteiger partial charge in [0.05, 0.1) is 0 Å². The van der Waals surface area contributed by atoms with Crippen LogP contribution in [0.1, 0.15) is 5.56 Å². The molecule has 2 aromatic rings. The summed E-state index contributed by atoms with van der Waals surface area (Å²) in [6, 6.07) is 8.00. The molecule has 3 heteroatoms. The third-order valence-electron chi connectivity index (χ3n) is 2.03. The van der Waals surface area contributed by atoms with Gasteiger partial charge in [0.1, 0.15) is 4.34 Å². The highest BCUT2D eigenvalue weighted by molar-refractivity contribution is 7.15. The van der Waals surface area contributed by atoms with E-state index in [1.165, 1.54) is 11.3 Å². The smallest absolute Gasteiger partial charge is 0.101 e. The first-order chi connectivity index (χ1) is 6.66. The van der Waals surface area contributed by atoms with E-state index in [1.807, 2.05) is 30.5 Å². The van der Waals surface area contributed by atoms with Crippen LogP contribution in [0, 0.1) is 6.92 Å². The minimum Gasteiger partial charge on any atom is -0.399 e. The summed E-state index contributed by atoms with van der Waals surface area (Å²) in [4.78, 5) is 0. The summed E-state index contributed by atoms with van der Waals surface area (Å²) in [6.07, 6.45) is 0. The normalized spacial score (nSPS) is 10.4. The molecule has 14 heavy (non-hydrogen) atoms. The molecule has 1 nitrogen and oxygen atoms in total. The van der Waals surface area contributed by atoms with Crippen LogP contribution in [0.15, 0.2) is 29.6 Å². The molecule has 72 valence electrons. The Morgan fingerprint density at radius 2 is 2.07 bits per heavy atom. The van der Waals surface area contributed by atoms with E-state index in [2.05, 4.69) is 6.07 Å². The fraction of sp³-hybridized carbons (Fsp3) is 0.0909. The van der Waals surface area contributed by atoms with Crippen LogP contribution < -0.4 is 5.73 Å². The Morgan fingerprint density at radius 3 is 2.64 bits per heavy atom. The van der Waals surface area contributed by atoms with Gasteiger partial charge in [-0.25, -0.2) is 0 Å². The van der Waals surface area contributed by atoms with Crippen molar-refractivity contribution in [3.63, 3.8) is 0 Å². The molecule has 0 saturated carbocycles. The predicted molar refractivity (Wildman–Crippen MR) is 63.9 cm³/mol. The van der Waals surface area contributed by atoms with E-state index >= 15 is 0 Å². The van der Waals surface area contributed by atoms with Gasteiger partial charge in [0, 0.05) is 11.3 Å². The molecule has 1 heterocycles. The SMILES string of the molecule is Cc1cc(N)cc(-c2ccsc2Cl)c1. The number of rotatable bonds is 1. The molecule has 2 N–H and O–H groups in total. The summed E-state index contributed by atoms with van der Waals surface area (Å²) in [5, 5.41) is 1.98. The third-order valence-corrected chi connectivity index (χ3v) is 3.20. The zero-order chi connectivity index (χ0) is 10.1. The maximum absolute atomic E-state index is 6.06. The summed E-state index contributed by atoms with van der Waals surface area (Å²) in [5.74, 6) is 0. The monoisotopic (exact) mass is 223 g/mol. The van der Waals surface area contributed by atoms with Gasteiger partial charge >= 0.3 is 0 Å². The Balaban J connectivity index is 2.57. The average Bonchev–Trinajstić information content (AvgIpc) is 2.49. The van der Waals surface area contributed by atoms with Crippen molar-refractivity contribution in [2.45, 2.75) is 6.92 Å². The molecule has 2 rings (SSSR count). The zero-order valence-electron chi connectivity index (χ0n) is 7.75. The predicted octanol–water partition coefficient (Wildman–Crippen LogP) is 3.96. The Labute approximate surface area is 92.1 Å². The highest BCUT2D eigenvalue weighted by atomic mass is 35.5. The van der Waals surface area contributed by atoms with Crippen molar-refractivity contribution in [3.8, 4) is 11.1 Å². The quantitative estimate of drug-likeness (QED) is 0.728. The first kappa shape index (κ1) is 9.56. The van der Waals surface area contributed by atoms with E-state index in [0.717, 1.165) is 26.7 Å². The van der Waals surface area contributed by atoms with E-state index in [-0.39, 0.29) is 0 Å². The molecule has 0 saturated heterocycles. The van der Waals surface area contributed by atoms with E-state index in [4.69, 9.17) is 17.3 Å². The van der Waals surface area contributed by atoms with Crippen LogP contribution >= 0.6 is 22.9 Å². The Bertz CT molecular complexity index is 442. The molecule has 1 aromatic heterocycles. The number of anilines is 1. The lowest BCUT2D eigenvalue weighted by molar-refractivity contribution is 1.47. The topological polar surface area (TPSA) is 26.0 Å². The molecule has 0 unspecified atom stereocenters. The minimum atomic E-state index is 0.780. The van der Waals surface area contributed by atoms with Crippen molar-refractivity contribution >= 4 is 28.6 Å². The highest BCUT2D eigenvalue weighted by Crippen LogP contribution is 2.33. The number of benzene rings is 1. The Hall–Kier alpha value is -0.990. The Morgan fingerprint density at radius 1 is 1.29 bits per heavy atom. The maximum atomic E-state index is 6.06. The van der Waals surface area contributed by atoms with Crippen LogP contribution in [0.5, 0.6) is 0 Å². The van der Waals surface area contributed by atoms with E-state index in [9.17, 15) is 0 Å². The number of nitrogen functional groups attached to an aromatic ring is 1. The second-order valence-corrected chi connectivity index (χ2v) is 4.76. The number of aryl methyl sites for hydroxylation is 1. The van der Waals surface area contributed by atoms with Gasteiger partial charge in [0.25, 0.3) is 0 Å². The number of thiophene rings is 1. The van der Waals surface area contributed by atoms with Gasteiger partial charge in [-0.2, -0.15) is 0 Å². The van der Waals surface area contributed by atoms with Crippen LogP contribution in [-0.2, 0) is 0 Å². The summed E-state index contributed by atoms with van der Waals surface area (Å²) >= 11 is 7.59. The van der Waals surface area contributed by atoms with E-state index in [1.54, 1.807) is 0 Å². The van der Waals surface area contributed by atoms with Gasteiger partial charge in [-0.15, -0.1) is 11.3 Å². The van der Waals surface area contributed by atoms with Crippen molar-refractivity contribution in [1.29, 1.82) is 0 Å². The maximum Gasteiger partial charge on any atom is 0.101 e. The van der Waals surface area contributed by atoms with Gasteiger partial charge in [0.2, 0.25) is 0 Å². The lowest BCUT2D eigenvalue weighted by atomic mass is 10.1. The van der Waals surface area contributed by atoms with Crippen molar-refractivity contribution < 1.29 is 0 Å². The highest BCUT2D eigenvalue weighted by Gasteiger charge is 2.05. The first-order valence-electron chi connectivity index (χ1n) is 4.27. The number of hydrogen-bond donors (Lipinski definition) is 1. The number of nitrogens with two attached hydrogens (primary N) is 1. The van der Waals surface area contributed by atoms with Gasteiger partial charge in [-0.05, 0) is 41.6 Å². The molecule has 0 aliphatic heterocycles. The molecular weight excluding hydrogens is 214 g/mol. The number of halogens is 1. The zero-order valence-corrected chi connectivity index (χ0v) is 9.32. The molecule has 0 amide bonds. The first-order valence-corrected chi connectivity index (χ1v) is 5.53. The fourth-order valence-corrected chi connectivity index (χ4v) is 2.43. The molecule has 0 radical (unpaired) electrons. The molecule has 1 aromatic carbocycles. The van der Waals surface area contributed by atoms with Crippen LogP contribution in [-0.4, -0.2) is 0 Å². The van der Waals surface area contributed by atoms with Crippen molar-refractivity contribution in [2.75, 3.05) is 5.73 Å². The summed E-state index contributed by atoms with van der Waals surface area (Å²) in [7, 11) is 0. The van der Waals surface area contributed by atoms with Crippen molar-refractivity contribution in [2.24, 2.45) is 0 Å². The third kappa shape index (κ3) is 1.76. The van der Waals surface area contributed by atoms with Crippen LogP contribution in [0.2, 0.25) is 4.34 Å². The Kier molecular flexibility index (Phi) is 2.48. The standard InChI is InChI=1S/C11H10ClNS/c1-7-4-8(6-9(13)5-7)10-2-3-14-11(10)12/h2-6H,13H2,1H3. The molecule has 0 aliphatic carbocycles. The van der Waals surface area contributed by atoms with Gasteiger partial charge in [0.15, 0.2) is 0 Å². The second kappa shape index (κ2) is 3.64. The van der Waals surface area contributed by atoms with E-state index < -0.39 is 0 Å².